The van der Waals surface area contributed by atoms with Gasteiger partial charge in [-0.25, -0.2) is 5.11 Å². The minimum atomic E-state index is -0.616. The van der Waals surface area contributed by atoms with Crippen LogP contribution < -0.4 is 0 Å². The van der Waals surface area contributed by atoms with E-state index in [1.165, 1.54) is 0 Å². The molecule has 1 unspecified atom stereocenters. The fourth-order valence-electron chi connectivity index (χ4n) is 0. The standard InChI is InChI=1S/C4H8O/c1-3-4(2)5/h4H,2-3H2,1H3. The Bertz CT molecular complexity index is 17.6. The van der Waals surface area contributed by atoms with Gasteiger partial charge in [0.15, 0.2) is 0 Å². The van der Waals surface area contributed by atoms with Gasteiger partial charge in [0.25, 0.3) is 0 Å². The quantitative estimate of drug-likeness (QED) is 0.441. The fourth-order valence-corrected chi connectivity index (χ4v) is 0. The Hall–Kier alpha value is -0.0400. The maximum atomic E-state index is 9.78. The maximum absolute atomic E-state index is 9.78. The fraction of sp³-hybridized carbons (Fsp3) is 0.750. The van der Waals surface area contributed by atoms with Gasteiger partial charge in [0.05, 0.1) is 6.10 Å². The summed E-state index contributed by atoms with van der Waals surface area (Å²) in [4.78, 5) is 0. The van der Waals surface area contributed by atoms with Gasteiger partial charge < -0.3 is 0 Å². The summed E-state index contributed by atoms with van der Waals surface area (Å²) < 4.78 is 0. The summed E-state index contributed by atoms with van der Waals surface area (Å²) in [5.74, 6) is 0. The van der Waals surface area contributed by atoms with Crippen LogP contribution >= 0.6 is 0 Å². The van der Waals surface area contributed by atoms with Crippen molar-refractivity contribution in [3.63, 3.8) is 0 Å². The van der Waals surface area contributed by atoms with E-state index in [2.05, 4.69) is 6.92 Å². The first-order valence-corrected chi connectivity index (χ1v) is 1.76. The lowest BCUT2D eigenvalue weighted by molar-refractivity contribution is 0.124. The predicted octanol–water partition coefficient (Wildman–Crippen LogP) is 1.03. The number of hydrogen-bond donors (Lipinski definition) is 0. The molecule has 1 atom stereocenters. The highest BCUT2D eigenvalue weighted by Crippen LogP contribution is 1.82. The second-order valence-electron chi connectivity index (χ2n) is 1.03. The molecular weight excluding hydrogens is 64.0 g/mol. The normalized spacial score (nSPS) is 15.0. The van der Waals surface area contributed by atoms with Crippen molar-refractivity contribution in [1.29, 1.82) is 0 Å². The second kappa shape index (κ2) is 2.21. The van der Waals surface area contributed by atoms with Gasteiger partial charge in [-0.05, 0) is 13.3 Å². The highest BCUT2D eigenvalue weighted by atomic mass is 16.3. The third-order valence-electron chi connectivity index (χ3n) is 0.455. The maximum Gasteiger partial charge on any atom is 0.0928 e. The van der Waals surface area contributed by atoms with E-state index in [0.717, 1.165) is 0 Å². The molecule has 0 aromatic carbocycles. The van der Waals surface area contributed by atoms with Crippen LogP contribution in [-0.2, 0) is 5.11 Å². The SMILES string of the molecule is [CH2]C([O])CC. The third-order valence-corrected chi connectivity index (χ3v) is 0.455. The van der Waals surface area contributed by atoms with Crippen molar-refractivity contribution in [2.24, 2.45) is 0 Å². The summed E-state index contributed by atoms with van der Waals surface area (Å²) in [6.07, 6.45) is 0.0231. The predicted molar refractivity (Wildman–Crippen MR) is 20.1 cm³/mol. The Labute approximate surface area is 32.6 Å². The molecule has 0 saturated heterocycles. The Balaban J connectivity index is 2.54. The molecule has 0 amide bonds. The van der Waals surface area contributed by atoms with Gasteiger partial charge in [-0.2, -0.15) is 0 Å². The van der Waals surface area contributed by atoms with E-state index in [-0.39, 0.29) is 0 Å². The van der Waals surface area contributed by atoms with E-state index in [1.54, 1.807) is 0 Å². The first-order valence-electron chi connectivity index (χ1n) is 1.76. The summed E-state index contributed by atoms with van der Waals surface area (Å²) in [5.41, 5.74) is 0. The molecule has 0 N–H and O–H groups in total. The lowest BCUT2D eigenvalue weighted by Gasteiger charge is -1.85. The van der Waals surface area contributed by atoms with Gasteiger partial charge in [0.2, 0.25) is 0 Å². The lowest BCUT2D eigenvalue weighted by atomic mass is 10.3. The molecule has 0 fully saturated rings. The zero-order chi connectivity index (χ0) is 4.28. The van der Waals surface area contributed by atoms with Crippen molar-refractivity contribution in [3.05, 3.63) is 6.92 Å². The van der Waals surface area contributed by atoms with Gasteiger partial charge in [-0.15, -0.1) is 0 Å². The average molecular weight is 72.1 g/mol. The zero-order valence-electron chi connectivity index (χ0n) is 3.40. The Kier molecular flexibility index (Phi) is 2.19. The van der Waals surface area contributed by atoms with Crippen LogP contribution in [-0.4, -0.2) is 6.10 Å². The smallest absolute Gasteiger partial charge is 0.0928 e. The molecule has 1 nitrogen and oxygen atoms in total. The Morgan fingerprint density at radius 2 is 2.20 bits per heavy atom. The lowest BCUT2D eigenvalue weighted by Crippen LogP contribution is -1.91. The van der Waals surface area contributed by atoms with E-state index in [9.17, 15) is 5.11 Å². The van der Waals surface area contributed by atoms with Crippen molar-refractivity contribution >= 4 is 0 Å². The van der Waals surface area contributed by atoms with Crippen LogP contribution in [0.4, 0.5) is 0 Å². The van der Waals surface area contributed by atoms with Crippen molar-refractivity contribution < 1.29 is 5.11 Å². The second-order valence-corrected chi connectivity index (χ2v) is 1.03. The summed E-state index contributed by atoms with van der Waals surface area (Å²) in [5, 5.41) is 9.78. The van der Waals surface area contributed by atoms with Crippen LogP contribution in [0.3, 0.4) is 0 Å². The molecule has 0 aromatic heterocycles. The first-order chi connectivity index (χ1) is 2.27. The topological polar surface area (TPSA) is 19.9 Å². The third kappa shape index (κ3) is 3.96. The van der Waals surface area contributed by atoms with E-state index < -0.39 is 6.10 Å². The van der Waals surface area contributed by atoms with Crippen molar-refractivity contribution in [1.82, 2.24) is 0 Å². The van der Waals surface area contributed by atoms with Gasteiger partial charge in [-0.1, -0.05) is 6.92 Å². The van der Waals surface area contributed by atoms with Crippen molar-refractivity contribution in [2.45, 2.75) is 19.4 Å². The van der Waals surface area contributed by atoms with Crippen LogP contribution in [0, 0.1) is 6.92 Å². The minimum absolute atomic E-state index is 0.616. The monoisotopic (exact) mass is 72.1 g/mol. The minimum Gasteiger partial charge on any atom is -0.233 e. The molecular formula is C4H8O. The van der Waals surface area contributed by atoms with Crippen LogP contribution in [0.5, 0.6) is 0 Å². The largest absolute Gasteiger partial charge is 0.233 e. The molecule has 0 aromatic rings. The van der Waals surface area contributed by atoms with Gasteiger partial charge in [0, 0.05) is 0 Å². The Morgan fingerprint density at radius 1 is 2.00 bits per heavy atom. The summed E-state index contributed by atoms with van der Waals surface area (Å²) in [6.45, 7) is 5.03. The van der Waals surface area contributed by atoms with Crippen LogP contribution in [0.15, 0.2) is 0 Å². The first kappa shape index (κ1) is 4.96. The number of rotatable bonds is 1. The molecule has 0 saturated carbocycles. The molecule has 0 aliphatic carbocycles. The molecule has 0 bridgehead atoms. The Morgan fingerprint density at radius 3 is 2.20 bits per heavy atom. The molecule has 0 aliphatic heterocycles. The van der Waals surface area contributed by atoms with Crippen LogP contribution in [0.25, 0.3) is 0 Å². The van der Waals surface area contributed by atoms with Crippen LogP contribution in [0.1, 0.15) is 13.3 Å². The average Bonchev–Trinajstić information content (AvgIpc) is 1.38. The number of hydrogen-bond acceptors (Lipinski definition) is 0. The highest BCUT2D eigenvalue weighted by molar-refractivity contribution is 4.48. The molecule has 0 aliphatic rings. The van der Waals surface area contributed by atoms with E-state index >= 15 is 0 Å². The zero-order valence-corrected chi connectivity index (χ0v) is 3.40. The van der Waals surface area contributed by atoms with Gasteiger partial charge in [-0.3, -0.25) is 0 Å². The van der Waals surface area contributed by atoms with E-state index in [0.29, 0.717) is 6.42 Å². The molecule has 0 spiro atoms. The van der Waals surface area contributed by atoms with Crippen LogP contribution in [0.2, 0.25) is 0 Å². The van der Waals surface area contributed by atoms with Gasteiger partial charge in [0.1, 0.15) is 0 Å². The molecule has 30 valence electrons. The molecule has 0 heterocycles. The highest BCUT2D eigenvalue weighted by Gasteiger charge is 1.85. The van der Waals surface area contributed by atoms with Crippen molar-refractivity contribution in [3.8, 4) is 0 Å². The summed E-state index contributed by atoms with van der Waals surface area (Å²) in [7, 11) is 0. The van der Waals surface area contributed by atoms with E-state index in [4.69, 9.17) is 0 Å². The summed E-state index contributed by atoms with van der Waals surface area (Å²) >= 11 is 0. The molecule has 5 heavy (non-hydrogen) atoms. The van der Waals surface area contributed by atoms with Crippen molar-refractivity contribution in [2.75, 3.05) is 0 Å². The molecule has 2 radical (unpaired) electrons. The van der Waals surface area contributed by atoms with Gasteiger partial charge >= 0.3 is 0 Å². The molecule has 1 heteroatoms. The summed E-state index contributed by atoms with van der Waals surface area (Å²) in [6, 6.07) is 0. The molecule has 0 rings (SSSR count). The van der Waals surface area contributed by atoms with E-state index in [1.807, 2.05) is 6.92 Å².